The smallest absolute Gasteiger partial charge is 0.165 e. The van der Waals surface area contributed by atoms with Crippen LogP contribution in [0, 0.1) is 6.92 Å². The second-order valence-corrected chi connectivity index (χ2v) is 3.54. The molecule has 0 bridgehead atoms. The van der Waals surface area contributed by atoms with Crippen molar-refractivity contribution in [2.24, 2.45) is 0 Å². The Kier molecular flexibility index (Phi) is 5.84. The average Bonchev–Trinajstić information content (AvgIpc) is 1.96. The normalized spacial score (nSPS) is 13.6. The second-order valence-electron chi connectivity index (χ2n) is 1.98. The van der Waals surface area contributed by atoms with Gasteiger partial charge < -0.3 is 0 Å². The van der Waals surface area contributed by atoms with Crippen LogP contribution < -0.4 is 0 Å². The largest absolute Gasteiger partial charge is 0.426 e. The molecule has 0 aliphatic carbocycles. The molecule has 0 aliphatic heterocycles. The molecule has 0 N–H and O–H groups in total. The van der Waals surface area contributed by atoms with E-state index in [1.807, 2.05) is 0 Å². The molecule has 0 rings (SSSR count). The van der Waals surface area contributed by atoms with Gasteiger partial charge in [0.15, 0.2) is 0 Å². The maximum Gasteiger partial charge on any atom is 0.426 e. The van der Waals surface area contributed by atoms with Gasteiger partial charge in [0.05, 0.1) is 0 Å². The van der Waals surface area contributed by atoms with Gasteiger partial charge in [-0.3, -0.25) is 0 Å². The second kappa shape index (κ2) is 5.75. The Morgan fingerprint density at radius 2 is 2.08 bits per heavy atom. The summed E-state index contributed by atoms with van der Waals surface area (Å²) in [7, 11) is 0. The van der Waals surface area contributed by atoms with Crippen molar-refractivity contribution in [3.05, 3.63) is 18.0 Å². The predicted octanol–water partition coefficient (Wildman–Crippen LogP) is 3.63. The molecule has 0 saturated carbocycles. The van der Waals surface area contributed by atoms with Gasteiger partial charge in [-0.05, 0) is 12.2 Å². The van der Waals surface area contributed by atoms with Crippen LogP contribution in [0.15, 0.2) is 11.1 Å². The number of thioether (sulfide) groups is 1. The molecule has 0 saturated heterocycles. The molecule has 71 valence electrons. The summed E-state index contributed by atoms with van der Waals surface area (Å²) >= 11 is 6.32. The first kappa shape index (κ1) is 12.2. The van der Waals surface area contributed by atoms with Crippen LogP contribution in [-0.4, -0.2) is 17.7 Å². The highest BCUT2D eigenvalue weighted by molar-refractivity contribution is 7.99. The van der Waals surface area contributed by atoms with Gasteiger partial charge in [-0.25, -0.2) is 0 Å². The lowest BCUT2D eigenvalue weighted by molar-refractivity contribution is -0.0846. The zero-order valence-electron chi connectivity index (χ0n) is 6.33. The van der Waals surface area contributed by atoms with Crippen LogP contribution >= 0.6 is 23.4 Å². The Bertz CT molecular complexity index is 153. The van der Waals surface area contributed by atoms with E-state index < -0.39 is 11.2 Å². The molecule has 0 nitrogen and oxygen atoms in total. The zero-order chi connectivity index (χ0) is 9.61. The third-order valence-electron chi connectivity index (χ3n) is 0.940. The van der Waals surface area contributed by atoms with Crippen molar-refractivity contribution in [3.8, 4) is 0 Å². The van der Waals surface area contributed by atoms with Crippen molar-refractivity contribution in [3.63, 3.8) is 0 Å². The maximum absolute atomic E-state index is 11.7. The van der Waals surface area contributed by atoms with E-state index in [1.165, 1.54) is 11.8 Å². The zero-order valence-corrected chi connectivity index (χ0v) is 7.90. The van der Waals surface area contributed by atoms with Gasteiger partial charge in [-0.15, -0.1) is 0 Å². The molecule has 0 aromatic carbocycles. The van der Waals surface area contributed by atoms with Crippen molar-refractivity contribution < 1.29 is 13.2 Å². The maximum atomic E-state index is 11.7. The highest BCUT2D eigenvalue weighted by Gasteiger charge is 2.31. The molecule has 0 atom stereocenters. The SMILES string of the molecule is [CH2]CCSCC=C(Cl)C(F)(F)F. The lowest BCUT2D eigenvalue weighted by atomic mass is 10.5. The molecule has 0 fully saturated rings. The molecule has 0 amide bonds. The van der Waals surface area contributed by atoms with Crippen LogP contribution in [0.2, 0.25) is 0 Å². The van der Waals surface area contributed by atoms with E-state index in [9.17, 15) is 13.2 Å². The molecule has 0 spiro atoms. The average molecular weight is 218 g/mol. The Hall–Kier alpha value is 0.170. The molecule has 0 aliphatic rings. The molecule has 1 radical (unpaired) electrons. The minimum absolute atomic E-state index is 0.286. The van der Waals surface area contributed by atoms with E-state index in [-0.39, 0.29) is 5.75 Å². The summed E-state index contributed by atoms with van der Waals surface area (Å²) in [5, 5.41) is -1.04. The van der Waals surface area contributed by atoms with Gasteiger partial charge in [0.25, 0.3) is 0 Å². The lowest BCUT2D eigenvalue weighted by Gasteiger charge is -2.03. The fraction of sp³-hybridized carbons (Fsp3) is 0.571. The van der Waals surface area contributed by atoms with Gasteiger partial charge in [0, 0.05) is 5.75 Å². The molecule has 5 heteroatoms. The molecule has 0 unspecified atom stereocenters. The summed E-state index contributed by atoms with van der Waals surface area (Å²) < 4.78 is 35.2. The number of hydrogen-bond donors (Lipinski definition) is 0. The minimum atomic E-state index is -4.40. The third-order valence-corrected chi connectivity index (χ3v) is 2.29. The van der Waals surface area contributed by atoms with E-state index in [2.05, 4.69) is 6.92 Å². The molecule has 0 aromatic heterocycles. The Labute approximate surface area is 79.2 Å². The van der Waals surface area contributed by atoms with E-state index >= 15 is 0 Å². The van der Waals surface area contributed by atoms with Crippen molar-refractivity contribution >= 4 is 23.4 Å². The molecular formula is C7H9ClF3S. The first-order valence-electron chi connectivity index (χ1n) is 3.28. The summed E-state index contributed by atoms with van der Waals surface area (Å²) in [5.41, 5.74) is 0. The van der Waals surface area contributed by atoms with Crippen LogP contribution in [0.3, 0.4) is 0 Å². The Morgan fingerprint density at radius 1 is 1.50 bits per heavy atom. The predicted molar refractivity (Wildman–Crippen MR) is 47.3 cm³/mol. The first-order valence-corrected chi connectivity index (χ1v) is 4.81. The van der Waals surface area contributed by atoms with Gasteiger partial charge in [-0.1, -0.05) is 24.6 Å². The standard InChI is InChI=1S/C7H9ClF3S/c1-2-4-12-5-3-6(8)7(9,10)11/h3H,1-2,4-5H2. The van der Waals surface area contributed by atoms with Crippen LogP contribution in [0.5, 0.6) is 0 Å². The summed E-state index contributed by atoms with van der Waals surface area (Å²) in [6.45, 7) is 3.55. The van der Waals surface area contributed by atoms with E-state index in [1.54, 1.807) is 0 Å². The fourth-order valence-corrected chi connectivity index (χ4v) is 1.26. The Balaban J connectivity index is 3.70. The summed E-state index contributed by atoms with van der Waals surface area (Å²) in [6, 6.07) is 0. The molecule has 0 aromatic rings. The topological polar surface area (TPSA) is 0 Å². The highest BCUT2D eigenvalue weighted by atomic mass is 35.5. The number of hydrogen-bond acceptors (Lipinski definition) is 1. The quantitative estimate of drug-likeness (QED) is 0.648. The van der Waals surface area contributed by atoms with Crippen LogP contribution in [0.4, 0.5) is 13.2 Å². The van der Waals surface area contributed by atoms with Crippen LogP contribution in [0.1, 0.15) is 6.42 Å². The van der Waals surface area contributed by atoms with Gasteiger partial charge in [-0.2, -0.15) is 24.9 Å². The van der Waals surface area contributed by atoms with Crippen LogP contribution in [0.25, 0.3) is 0 Å². The van der Waals surface area contributed by atoms with Crippen molar-refractivity contribution in [2.75, 3.05) is 11.5 Å². The van der Waals surface area contributed by atoms with E-state index in [0.717, 1.165) is 11.8 Å². The minimum Gasteiger partial charge on any atom is -0.165 e. The highest BCUT2D eigenvalue weighted by Crippen LogP contribution is 2.28. The number of allylic oxidation sites excluding steroid dienone is 1. The van der Waals surface area contributed by atoms with Crippen molar-refractivity contribution in [1.82, 2.24) is 0 Å². The van der Waals surface area contributed by atoms with Gasteiger partial charge in [0.2, 0.25) is 0 Å². The van der Waals surface area contributed by atoms with Crippen LogP contribution in [-0.2, 0) is 0 Å². The monoisotopic (exact) mass is 217 g/mol. The van der Waals surface area contributed by atoms with E-state index in [0.29, 0.717) is 6.42 Å². The number of rotatable bonds is 4. The van der Waals surface area contributed by atoms with E-state index in [4.69, 9.17) is 11.6 Å². The summed E-state index contributed by atoms with van der Waals surface area (Å²) in [5.74, 6) is 1.03. The fourth-order valence-electron chi connectivity index (χ4n) is 0.433. The first-order chi connectivity index (χ1) is 5.48. The van der Waals surface area contributed by atoms with Gasteiger partial charge in [0.1, 0.15) is 5.03 Å². The van der Waals surface area contributed by atoms with Crippen molar-refractivity contribution in [2.45, 2.75) is 12.6 Å². The lowest BCUT2D eigenvalue weighted by Crippen LogP contribution is -2.07. The number of halogens is 4. The van der Waals surface area contributed by atoms with Crippen molar-refractivity contribution in [1.29, 1.82) is 0 Å². The number of alkyl halides is 3. The van der Waals surface area contributed by atoms with Gasteiger partial charge >= 0.3 is 6.18 Å². The molecular weight excluding hydrogens is 209 g/mol. The molecule has 0 heterocycles. The summed E-state index contributed by atoms with van der Waals surface area (Å²) in [4.78, 5) is 0. The Morgan fingerprint density at radius 3 is 2.50 bits per heavy atom. The third kappa shape index (κ3) is 5.77. The molecule has 12 heavy (non-hydrogen) atoms. The summed E-state index contributed by atoms with van der Waals surface area (Å²) in [6.07, 6.45) is -2.71.